The Morgan fingerprint density at radius 3 is 2.45 bits per heavy atom. The van der Waals surface area contributed by atoms with Crippen molar-refractivity contribution in [3.8, 4) is 5.75 Å². The Morgan fingerprint density at radius 2 is 1.77 bits per heavy atom. The Labute approximate surface area is 141 Å². The van der Waals surface area contributed by atoms with Crippen LogP contribution in [0.25, 0.3) is 0 Å². The molecule has 0 spiro atoms. The van der Waals surface area contributed by atoms with Crippen molar-refractivity contribution >= 4 is 15.9 Å². The molecule has 4 heteroatoms. The van der Waals surface area contributed by atoms with Gasteiger partial charge in [-0.2, -0.15) is 0 Å². The number of rotatable bonds is 5. The highest BCUT2D eigenvalue weighted by molar-refractivity contribution is 9.10. The van der Waals surface area contributed by atoms with Crippen LogP contribution in [0.4, 0.5) is 0 Å². The van der Waals surface area contributed by atoms with E-state index in [1.165, 1.54) is 25.7 Å². The van der Waals surface area contributed by atoms with E-state index in [1.54, 1.807) is 0 Å². The van der Waals surface area contributed by atoms with E-state index < -0.39 is 0 Å². The molecule has 1 heterocycles. The van der Waals surface area contributed by atoms with E-state index in [1.807, 2.05) is 24.3 Å². The van der Waals surface area contributed by atoms with Gasteiger partial charge in [0.05, 0.1) is 12.7 Å². The van der Waals surface area contributed by atoms with E-state index >= 15 is 0 Å². The Balaban J connectivity index is 1.35. The van der Waals surface area contributed by atoms with Crippen molar-refractivity contribution in [2.24, 2.45) is 5.92 Å². The predicted molar refractivity (Wildman–Crippen MR) is 90.1 cm³/mol. The number of ether oxygens (including phenoxy) is 3. The number of hydrogen-bond donors (Lipinski definition) is 0. The van der Waals surface area contributed by atoms with Crippen LogP contribution < -0.4 is 4.74 Å². The summed E-state index contributed by atoms with van der Waals surface area (Å²) >= 11 is 3.44. The van der Waals surface area contributed by atoms with Crippen molar-refractivity contribution in [3.63, 3.8) is 0 Å². The minimum Gasteiger partial charge on any atom is -0.493 e. The molecule has 1 atom stereocenters. The molecule has 0 unspecified atom stereocenters. The van der Waals surface area contributed by atoms with E-state index in [0.29, 0.717) is 12.0 Å². The van der Waals surface area contributed by atoms with Crippen molar-refractivity contribution in [3.05, 3.63) is 28.7 Å². The molecule has 0 N–H and O–H groups in total. The molecule has 22 heavy (non-hydrogen) atoms. The van der Waals surface area contributed by atoms with Gasteiger partial charge in [-0.25, -0.2) is 0 Å². The van der Waals surface area contributed by atoms with Gasteiger partial charge in [-0.05, 0) is 75.1 Å². The number of hydrogen-bond acceptors (Lipinski definition) is 3. The van der Waals surface area contributed by atoms with E-state index in [4.69, 9.17) is 14.2 Å². The second-order valence-corrected chi connectivity index (χ2v) is 7.26. The zero-order valence-corrected chi connectivity index (χ0v) is 14.6. The van der Waals surface area contributed by atoms with Gasteiger partial charge in [-0.1, -0.05) is 15.9 Å². The fraction of sp³-hybridized carbons (Fsp3) is 0.667. The summed E-state index contributed by atoms with van der Waals surface area (Å²) in [6.07, 6.45) is 8.55. The third-order valence-corrected chi connectivity index (χ3v) is 5.10. The fourth-order valence-electron chi connectivity index (χ4n) is 3.21. The van der Waals surface area contributed by atoms with Crippen LogP contribution >= 0.6 is 15.9 Å². The summed E-state index contributed by atoms with van der Waals surface area (Å²) < 4.78 is 18.7. The van der Waals surface area contributed by atoms with Gasteiger partial charge < -0.3 is 14.2 Å². The van der Waals surface area contributed by atoms with E-state index in [-0.39, 0.29) is 6.29 Å². The maximum Gasteiger partial charge on any atom is 0.157 e. The van der Waals surface area contributed by atoms with Crippen LogP contribution in [0, 0.1) is 5.92 Å². The summed E-state index contributed by atoms with van der Waals surface area (Å²) in [6, 6.07) is 8.06. The van der Waals surface area contributed by atoms with E-state index in [9.17, 15) is 0 Å². The van der Waals surface area contributed by atoms with Gasteiger partial charge in [0.1, 0.15) is 5.75 Å². The molecule has 1 aliphatic carbocycles. The average Bonchev–Trinajstić information content (AvgIpc) is 2.57. The second-order valence-electron chi connectivity index (χ2n) is 6.34. The van der Waals surface area contributed by atoms with Crippen LogP contribution in [0.3, 0.4) is 0 Å². The second kappa shape index (κ2) is 8.32. The van der Waals surface area contributed by atoms with Crippen LogP contribution in [-0.4, -0.2) is 25.6 Å². The van der Waals surface area contributed by atoms with Crippen molar-refractivity contribution in [2.75, 3.05) is 13.2 Å². The molecule has 122 valence electrons. The molecular weight excluding hydrogens is 344 g/mol. The van der Waals surface area contributed by atoms with Gasteiger partial charge in [0.15, 0.2) is 6.29 Å². The van der Waals surface area contributed by atoms with Crippen molar-refractivity contribution < 1.29 is 14.2 Å². The Morgan fingerprint density at radius 1 is 1.00 bits per heavy atom. The molecule has 0 aromatic heterocycles. The standard InChI is InChI=1S/C18H25BrO3/c19-15-6-10-16(11-7-15)21-13-14-4-8-17(9-5-14)22-18-3-1-2-12-20-18/h6-7,10-11,14,17-18H,1-5,8-9,12-13H2/t14?,17?,18-/m1/s1. The largest absolute Gasteiger partial charge is 0.493 e. The highest BCUT2D eigenvalue weighted by Crippen LogP contribution is 2.29. The molecule has 2 fully saturated rings. The van der Waals surface area contributed by atoms with Gasteiger partial charge in [-0.3, -0.25) is 0 Å². The molecule has 0 amide bonds. The van der Waals surface area contributed by atoms with Crippen LogP contribution in [0.5, 0.6) is 5.75 Å². The van der Waals surface area contributed by atoms with Crippen LogP contribution in [0.1, 0.15) is 44.9 Å². The van der Waals surface area contributed by atoms with Crippen LogP contribution in [0.2, 0.25) is 0 Å². The molecule has 3 nitrogen and oxygen atoms in total. The molecule has 0 bridgehead atoms. The van der Waals surface area contributed by atoms with E-state index in [0.717, 1.165) is 42.7 Å². The highest BCUT2D eigenvalue weighted by atomic mass is 79.9. The predicted octanol–water partition coefficient (Wildman–Crippen LogP) is 4.93. The lowest BCUT2D eigenvalue weighted by molar-refractivity contribution is -0.194. The topological polar surface area (TPSA) is 27.7 Å². The molecule has 1 aromatic carbocycles. The lowest BCUT2D eigenvalue weighted by atomic mass is 9.88. The summed E-state index contributed by atoms with van der Waals surface area (Å²) in [7, 11) is 0. The normalized spacial score (nSPS) is 29.2. The molecule has 3 rings (SSSR count). The fourth-order valence-corrected chi connectivity index (χ4v) is 3.48. The minimum atomic E-state index is 0.0503. The van der Waals surface area contributed by atoms with Gasteiger partial charge >= 0.3 is 0 Å². The maximum atomic E-state index is 6.09. The molecule has 1 saturated carbocycles. The van der Waals surface area contributed by atoms with Gasteiger partial charge in [-0.15, -0.1) is 0 Å². The highest BCUT2D eigenvalue weighted by Gasteiger charge is 2.25. The quantitative estimate of drug-likeness (QED) is 0.737. The monoisotopic (exact) mass is 368 g/mol. The molecule has 1 saturated heterocycles. The Kier molecular flexibility index (Phi) is 6.16. The summed E-state index contributed by atoms with van der Waals surface area (Å²) in [5.41, 5.74) is 0. The molecule has 0 radical (unpaired) electrons. The Hall–Kier alpha value is -0.580. The van der Waals surface area contributed by atoms with Gasteiger partial charge in [0.2, 0.25) is 0 Å². The number of benzene rings is 1. The molecule has 2 aliphatic rings. The number of halogens is 1. The van der Waals surface area contributed by atoms with E-state index in [2.05, 4.69) is 15.9 Å². The SMILES string of the molecule is Brc1ccc(OCC2CCC(O[C@@H]3CCCCO3)CC2)cc1. The summed E-state index contributed by atoms with van der Waals surface area (Å²) in [4.78, 5) is 0. The first-order chi connectivity index (χ1) is 10.8. The lowest BCUT2D eigenvalue weighted by Crippen LogP contribution is -2.31. The van der Waals surface area contributed by atoms with Gasteiger partial charge in [0.25, 0.3) is 0 Å². The third kappa shape index (κ3) is 4.97. The average molecular weight is 369 g/mol. The first kappa shape index (κ1) is 16.3. The van der Waals surface area contributed by atoms with Gasteiger partial charge in [0, 0.05) is 11.1 Å². The molecular formula is C18H25BrO3. The Bertz CT molecular complexity index is 434. The lowest BCUT2D eigenvalue weighted by Gasteiger charge is -2.32. The molecule has 1 aliphatic heterocycles. The summed E-state index contributed by atoms with van der Waals surface area (Å²) in [6.45, 7) is 1.68. The zero-order valence-electron chi connectivity index (χ0n) is 13.0. The first-order valence-electron chi connectivity index (χ1n) is 8.45. The first-order valence-corrected chi connectivity index (χ1v) is 9.24. The van der Waals surface area contributed by atoms with Crippen molar-refractivity contribution in [1.82, 2.24) is 0 Å². The maximum absolute atomic E-state index is 6.09. The minimum absolute atomic E-state index is 0.0503. The zero-order chi connectivity index (χ0) is 15.2. The summed E-state index contributed by atoms with van der Waals surface area (Å²) in [5, 5.41) is 0. The van der Waals surface area contributed by atoms with Crippen LogP contribution in [-0.2, 0) is 9.47 Å². The molecule has 1 aromatic rings. The third-order valence-electron chi connectivity index (χ3n) is 4.58. The van der Waals surface area contributed by atoms with Crippen molar-refractivity contribution in [2.45, 2.75) is 57.3 Å². The van der Waals surface area contributed by atoms with Crippen LogP contribution in [0.15, 0.2) is 28.7 Å². The smallest absolute Gasteiger partial charge is 0.157 e. The summed E-state index contributed by atoms with van der Waals surface area (Å²) in [5.74, 6) is 1.60. The van der Waals surface area contributed by atoms with Crippen molar-refractivity contribution in [1.29, 1.82) is 0 Å².